The summed E-state index contributed by atoms with van der Waals surface area (Å²) < 4.78 is 16.1. The van der Waals surface area contributed by atoms with Gasteiger partial charge in [0.1, 0.15) is 0 Å². The van der Waals surface area contributed by atoms with Crippen molar-refractivity contribution >= 4 is 11.8 Å². The van der Waals surface area contributed by atoms with Gasteiger partial charge in [-0.3, -0.25) is 9.59 Å². The summed E-state index contributed by atoms with van der Waals surface area (Å²) in [6, 6.07) is 20.2. The summed E-state index contributed by atoms with van der Waals surface area (Å²) in [5.41, 5.74) is 3.22. The summed E-state index contributed by atoms with van der Waals surface area (Å²) in [7, 11) is 4.53. The van der Waals surface area contributed by atoms with Gasteiger partial charge in [-0.2, -0.15) is 0 Å². The van der Waals surface area contributed by atoms with Crippen molar-refractivity contribution in [3.8, 4) is 17.2 Å². The molecule has 3 aromatic rings. The van der Waals surface area contributed by atoms with Crippen LogP contribution in [0.4, 0.5) is 0 Å². The van der Waals surface area contributed by atoms with E-state index >= 15 is 0 Å². The van der Waals surface area contributed by atoms with Crippen molar-refractivity contribution in [3.63, 3.8) is 0 Å². The minimum Gasteiger partial charge on any atom is -0.493 e. The molecule has 4 rings (SSSR count). The SMILES string of the molecule is COc1cc(C(=O)NCC2c3ccccc3CC(C)N2C(=O)c2ccccc2)cc(OC)c1OC. The molecule has 0 spiro atoms. The molecule has 0 fully saturated rings. The van der Waals surface area contributed by atoms with Gasteiger partial charge in [-0.05, 0) is 48.7 Å². The van der Waals surface area contributed by atoms with Gasteiger partial charge in [0.25, 0.3) is 11.8 Å². The molecule has 7 nitrogen and oxygen atoms in total. The number of rotatable bonds is 7. The van der Waals surface area contributed by atoms with Crippen LogP contribution < -0.4 is 19.5 Å². The van der Waals surface area contributed by atoms with E-state index in [0.29, 0.717) is 28.4 Å². The molecule has 182 valence electrons. The summed E-state index contributed by atoms with van der Waals surface area (Å²) >= 11 is 0. The third-order valence-corrected chi connectivity index (χ3v) is 6.38. The lowest BCUT2D eigenvalue weighted by Crippen LogP contribution is -2.49. The van der Waals surface area contributed by atoms with E-state index in [9.17, 15) is 9.59 Å². The van der Waals surface area contributed by atoms with Crippen LogP contribution in [0, 0.1) is 0 Å². The van der Waals surface area contributed by atoms with Crippen LogP contribution in [0.1, 0.15) is 44.8 Å². The maximum atomic E-state index is 13.5. The number of hydrogen-bond acceptors (Lipinski definition) is 5. The van der Waals surface area contributed by atoms with Crippen molar-refractivity contribution in [3.05, 3.63) is 89.0 Å². The Bertz CT molecular complexity index is 1190. The first-order chi connectivity index (χ1) is 17.0. The summed E-state index contributed by atoms with van der Waals surface area (Å²) in [6.45, 7) is 2.31. The Kier molecular flexibility index (Phi) is 7.25. The number of benzene rings is 3. The molecule has 0 bridgehead atoms. The molecule has 35 heavy (non-hydrogen) atoms. The predicted octanol–water partition coefficient (Wildman–Crippen LogP) is 4.27. The number of fused-ring (bicyclic) bond motifs is 1. The fourth-order valence-electron chi connectivity index (χ4n) is 4.70. The smallest absolute Gasteiger partial charge is 0.254 e. The zero-order valence-corrected chi connectivity index (χ0v) is 20.4. The van der Waals surface area contributed by atoms with Crippen LogP contribution in [0.15, 0.2) is 66.7 Å². The van der Waals surface area contributed by atoms with Gasteiger partial charge in [0, 0.05) is 23.7 Å². The lowest BCUT2D eigenvalue weighted by Gasteiger charge is -2.42. The largest absolute Gasteiger partial charge is 0.493 e. The van der Waals surface area contributed by atoms with Crippen LogP contribution in [0.25, 0.3) is 0 Å². The molecule has 3 aromatic carbocycles. The van der Waals surface area contributed by atoms with Crippen LogP contribution in [-0.4, -0.2) is 50.6 Å². The van der Waals surface area contributed by atoms with Crippen molar-refractivity contribution in [2.75, 3.05) is 27.9 Å². The molecular formula is C28H30N2O5. The topological polar surface area (TPSA) is 77.1 Å². The third kappa shape index (κ3) is 4.80. The number of carbonyl (C=O) groups excluding carboxylic acids is 2. The zero-order chi connectivity index (χ0) is 24.9. The number of ether oxygens (including phenoxy) is 3. The monoisotopic (exact) mass is 474 g/mol. The van der Waals surface area contributed by atoms with Gasteiger partial charge in [-0.25, -0.2) is 0 Å². The minimum absolute atomic E-state index is 0.0271. The van der Waals surface area contributed by atoms with Crippen LogP contribution in [-0.2, 0) is 6.42 Å². The van der Waals surface area contributed by atoms with Crippen molar-refractivity contribution in [2.24, 2.45) is 0 Å². The number of amides is 2. The Balaban J connectivity index is 1.64. The van der Waals surface area contributed by atoms with Gasteiger partial charge in [0.05, 0.1) is 27.4 Å². The molecule has 0 aliphatic carbocycles. The lowest BCUT2D eigenvalue weighted by molar-refractivity contribution is 0.0547. The second-order valence-corrected chi connectivity index (χ2v) is 8.47. The Labute approximate surface area is 205 Å². The van der Waals surface area contributed by atoms with E-state index in [1.165, 1.54) is 26.9 Å². The molecule has 1 heterocycles. The maximum absolute atomic E-state index is 13.5. The molecule has 2 unspecified atom stereocenters. The predicted molar refractivity (Wildman–Crippen MR) is 133 cm³/mol. The first-order valence-corrected chi connectivity index (χ1v) is 11.5. The van der Waals surface area contributed by atoms with Gasteiger partial charge in [0.15, 0.2) is 11.5 Å². The van der Waals surface area contributed by atoms with Crippen LogP contribution in [0.5, 0.6) is 17.2 Å². The Morgan fingerprint density at radius 1 is 0.886 bits per heavy atom. The molecule has 1 aliphatic rings. The Hall–Kier alpha value is -4.00. The summed E-state index contributed by atoms with van der Waals surface area (Å²) in [5, 5.41) is 3.02. The number of nitrogens with one attached hydrogen (secondary N) is 1. The van der Waals surface area contributed by atoms with Gasteiger partial charge >= 0.3 is 0 Å². The summed E-state index contributed by atoms with van der Waals surface area (Å²) in [4.78, 5) is 28.6. The second-order valence-electron chi connectivity index (χ2n) is 8.47. The van der Waals surface area contributed by atoms with Gasteiger partial charge < -0.3 is 24.4 Å². The normalized spacial score (nSPS) is 16.7. The molecule has 0 saturated carbocycles. The Morgan fingerprint density at radius 3 is 2.14 bits per heavy atom. The molecule has 0 aromatic heterocycles. The maximum Gasteiger partial charge on any atom is 0.254 e. The van der Waals surface area contributed by atoms with E-state index in [2.05, 4.69) is 11.4 Å². The first kappa shape index (κ1) is 24.1. The molecule has 2 amide bonds. The van der Waals surface area contributed by atoms with Gasteiger partial charge in [-0.1, -0.05) is 42.5 Å². The Morgan fingerprint density at radius 2 is 1.51 bits per heavy atom. The van der Waals surface area contributed by atoms with E-state index in [0.717, 1.165) is 12.0 Å². The number of nitrogens with zero attached hydrogens (tertiary/aromatic N) is 1. The second kappa shape index (κ2) is 10.5. The minimum atomic E-state index is -0.311. The van der Waals surface area contributed by atoms with E-state index in [-0.39, 0.29) is 30.4 Å². The fourth-order valence-corrected chi connectivity index (χ4v) is 4.70. The van der Waals surface area contributed by atoms with Crippen molar-refractivity contribution < 1.29 is 23.8 Å². The highest BCUT2D eigenvalue weighted by Gasteiger charge is 2.36. The fraction of sp³-hybridized carbons (Fsp3) is 0.286. The third-order valence-electron chi connectivity index (χ3n) is 6.38. The van der Waals surface area contributed by atoms with E-state index in [1.807, 2.05) is 60.4 Å². The quantitative estimate of drug-likeness (QED) is 0.553. The number of methoxy groups -OCH3 is 3. The summed E-state index contributed by atoms with van der Waals surface area (Å²) in [6.07, 6.45) is 0.756. The van der Waals surface area contributed by atoms with Gasteiger partial charge in [0.2, 0.25) is 5.75 Å². The average molecular weight is 475 g/mol. The highest BCUT2D eigenvalue weighted by atomic mass is 16.5. The molecular weight excluding hydrogens is 444 g/mol. The molecule has 0 radical (unpaired) electrons. The number of carbonyl (C=O) groups is 2. The molecule has 1 N–H and O–H groups in total. The molecule has 0 saturated heterocycles. The van der Waals surface area contributed by atoms with Crippen molar-refractivity contribution in [1.29, 1.82) is 0 Å². The molecule has 1 aliphatic heterocycles. The first-order valence-electron chi connectivity index (χ1n) is 11.5. The highest BCUT2D eigenvalue weighted by Crippen LogP contribution is 2.38. The van der Waals surface area contributed by atoms with Gasteiger partial charge in [-0.15, -0.1) is 0 Å². The lowest BCUT2D eigenvalue weighted by atomic mass is 9.88. The van der Waals surface area contributed by atoms with Crippen molar-refractivity contribution in [1.82, 2.24) is 10.2 Å². The summed E-state index contributed by atoms with van der Waals surface area (Å²) in [5.74, 6) is 0.858. The van der Waals surface area contributed by atoms with Crippen LogP contribution >= 0.6 is 0 Å². The van der Waals surface area contributed by atoms with E-state index in [4.69, 9.17) is 14.2 Å². The number of hydrogen-bond donors (Lipinski definition) is 1. The van der Waals surface area contributed by atoms with Crippen LogP contribution in [0.2, 0.25) is 0 Å². The van der Waals surface area contributed by atoms with Crippen molar-refractivity contribution in [2.45, 2.75) is 25.4 Å². The molecule has 2 atom stereocenters. The van der Waals surface area contributed by atoms with Crippen LogP contribution in [0.3, 0.4) is 0 Å². The average Bonchev–Trinajstić information content (AvgIpc) is 2.90. The molecule has 7 heteroatoms. The standard InChI is InChI=1S/C28H30N2O5/c1-18-14-20-12-8-9-13-22(20)23(30(18)28(32)19-10-6-5-7-11-19)17-29-27(31)21-15-24(33-2)26(35-4)25(16-21)34-3/h5-13,15-16,18,23H,14,17H2,1-4H3,(H,29,31). The zero-order valence-electron chi connectivity index (χ0n) is 20.4. The van der Waals surface area contributed by atoms with E-state index in [1.54, 1.807) is 12.1 Å². The van der Waals surface area contributed by atoms with E-state index < -0.39 is 0 Å². The highest BCUT2D eigenvalue weighted by molar-refractivity contribution is 5.96.